The predicted molar refractivity (Wildman–Crippen MR) is 124 cm³/mol. The minimum Gasteiger partial charge on any atom is -0.492 e. The van der Waals surface area contributed by atoms with Crippen LogP contribution in [0.2, 0.25) is 0 Å². The van der Waals surface area contributed by atoms with Gasteiger partial charge in [-0.15, -0.1) is 0 Å². The molecule has 1 fully saturated rings. The molecule has 10 heteroatoms. The molecule has 0 aliphatic carbocycles. The zero-order valence-corrected chi connectivity index (χ0v) is 19.7. The number of nitrogens with zero attached hydrogens (tertiary/aromatic N) is 5. The summed E-state index contributed by atoms with van der Waals surface area (Å²) in [6.07, 6.45) is 3.52. The van der Waals surface area contributed by atoms with Gasteiger partial charge in [-0.05, 0) is 31.0 Å². The third-order valence-corrected chi connectivity index (χ3v) is 6.18. The fourth-order valence-electron chi connectivity index (χ4n) is 4.19. The molecule has 182 valence electrons. The van der Waals surface area contributed by atoms with Crippen molar-refractivity contribution in [1.82, 2.24) is 25.1 Å². The lowest BCUT2D eigenvalue weighted by Crippen LogP contribution is -2.43. The number of imide groups is 1. The van der Waals surface area contributed by atoms with Crippen LogP contribution < -0.4 is 4.74 Å². The highest BCUT2D eigenvalue weighted by molar-refractivity contribution is 6.10. The van der Waals surface area contributed by atoms with Gasteiger partial charge in [-0.1, -0.05) is 40.6 Å². The molecule has 0 N–H and O–H groups in total. The van der Waals surface area contributed by atoms with Gasteiger partial charge >= 0.3 is 0 Å². The van der Waals surface area contributed by atoms with Crippen molar-refractivity contribution >= 4 is 17.7 Å². The van der Waals surface area contributed by atoms with Crippen LogP contribution >= 0.6 is 0 Å². The number of rotatable bonds is 10. The molecule has 4 rings (SSSR count). The second-order valence-corrected chi connectivity index (χ2v) is 8.59. The quantitative estimate of drug-likeness (QED) is 0.322. The second kappa shape index (κ2) is 10.5. The predicted octanol–water partition coefficient (Wildman–Crippen LogP) is 2.29. The largest absolute Gasteiger partial charge is 0.492 e. The number of carbonyl (C=O) groups is 3. The lowest BCUT2D eigenvalue weighted by atomic mass is 9.75. The number of aromatic nitrogens is 3. The number of pyridine rings is 1. The molecular formula is C25H27N5O5. The minimum absolute atomic E-state index is 0.0660. The van der Waals surface area contributed by atoms with Crippen LogP contribution in [0.5, 0.6) is 5.75 Å². The van der Waals surface area contributed by atoms with Gasteiger partial charge in [-0.25, -0.2) is 4.63 Å². The number of carbonyl (C=O) groups excluding carboxylic acids is 3. The van der Waals surface area contributed by atoms with Crippen molar-refractivity contribution < 1.29 is 23.7 Å². The fraction of sp³-hybridized carbons (Fsp3) is 0.360. The highest BCUT2D eigenvalue weighted by Gasteiger charge is 2.53. The summed E-state index contributed by atoms with van der Waals surface area (Å²) in [5.74, 6) is -0.320. The maximum atomic E-state index is 13.7. The molecule has 0 spiro atoms. The van der Waals surface area contributed by atoms with Crippen LogP contribution in [-0.2, 0) is 26.3 Å². The lowest BCUT2D eigenvalue weighted by Gasteiger charge is -2.29. The number of hydrogen-bond acceptors (Lipinski definition) is 8. The standard InChI is InChI=1S/C25H27N5O5/c1-18-21(28-35-27-18)17-29(2)22(31)14-25(19-8-4-3-5-9-19)15-23(32)30(24(25)33)12-7-13-34-20-10-6-11-26-16-20/h3-6,8-11,16H,7,12-15,17H2,1-2H3/t25-/m0/s1. The zero-order chi connectivity index (χ0) is 24.8. The minimum atomic E-state index is -1.26. The van der Waals surface area contributed by atoms with Gasteiger partial charge < -0.3 is 9.64 Å². The van der Waals surface area contributed by atoms with E-state index in [0.717, 1.165) is 0 Å². The molecule has 3 heterocycles. The monoisotopic (exact) mass is 477 g/mol. The summed E-state index contributed by atoms with van der Waals surface area (Å²) in [6, 6.07) is 12.6. The maximum absolute atomic E-state index is 13.7. The van der Waals surface area contributed by atoms with Crippen LogP contribution in [0.15, 0.2) is 59.5 Å². The van der Waals surface area contributed by atoms with E-state index in [1.165, 1.54) is 9.80 Å². The Morgan fingerprint density at radius 2 is 1.97 bits per heavy atom. The molecule has 0 bridgehead atoms. The molecule has 1 saturated heterocycles. The molecule has 1 aromatic carbocycles. The van der Waals surface area contributed by atoms with E-state index in [2.05, 4.69) is 15.3 Å². The third kappa shape index (κ3) is 5.21. The molecule has 1 aliphatic rings. The Bertz CT molecular complexity index is 1180. The van der Waals surface area contributed by atoms with E-state index in [1.54, 1.807) is 62.8 Å². The van der Waals surface area contributed by atoms with Gasteiger partial charge in [-0.2, -0.15) is 0 Å². The number of benzene rings is 1. The van der Waals surface area contributed by atoms with Crippen LogP contribution in [0, 0.1) is 6.92 Å². The highest BCUT2D eigenvalue weighted by atomic mass is 16.6. The highest BCUT2D eigenvalue weighted by Crippen LogP contribution is 2.40. The van der Waals surface area contributed by atoms with Gasteiger partial charge in [0.1, 0.15) is 17.1 Å². The Morgan fingerprint density at radius 3 is 2.66 bits per heavy atom. The van der Waals surface area contributed by atoms with Crippen molar-refractivity contribution in [3.05, 3.63) is 71.8 Å². The molecule has 2 aromatic heterocycles. The van der Waals surface area contributed by atoms with Gasteiger partial charge in [0.2, 0.25) is 17.7 Å². The average molecular weight is 478 g/mol. The van der Waals surface area contributed by atoms with Crippen LogP contribution in [-0.4, -0.2) is 63.0 Å². The summed E-state index contributed by atoms with van der Waals surface area (Å²) in [4.78, 5) is 46.6. The normalized spacial score (nSPS) is 17.6. The van der Waals surface area contributed by atoms with Crippen molar-refractivity contribution in [2.45, 2.75) is 38.1 Å². The third-order valence-electron chi connectivity index (χ3n) is 6.18. The molecule has 10 nitrogen and oxygen atoms in total. The van der Waals surface area contributed by atoms with Crippen LogP contribution in [0.25, 0.3) is 0 Å². The van der Waals surface area contributed by atoms with Crippen molar-refractivity contribution in [2.24, 2.45) is 0 Å². The number of likely N-dealkylation sites (tertiary alicyclic amines) is 1. The maximum Gasteiger partial charge on any atom is 0.240 e. The van der Waals surface area contributed by atoms with E-state index < -0.39 is 5.41 Å². The van der Waals surface area contributed by atoms with Gasteiger partial charge in [0.15, 0.2) is 0 Å². The lowest BCUT2D eigenvalue weighted by molar-refractivity contribution is -0.142. The van der Waals surface area contributed by atoms with E-state index in [9.17, 15) is 14.4 Å². The summed E-state index contributed by atoms with van der Waals surface area (Å²) in [5, 5.41) is 7.56. The SMILES string of the molecule is Cc1nonc1CN(C)C(=O)C[C@@]1(c2ccccc2)CC(=O)N(CCCOc2cccnc2)C1=O. The Balaban J connectivity index is 1.48. The van der Waals surface area contributed by atoms with Crippen molar-refractivity contribution in [3.63, 3.8) is 0 Å². The van der Waals surface area contributed by atoms with E-state index in [0.29, 0.717) is 35.7 Å². The van der Waals surface area contributed by atoms with E-state index in [4.69, 9.17) is 9.37 Å². The first-order valence-electron chi connectivity index (χ1n) is 11.4. The molecule has 35 heavy (non-hydrogen) atoms. The summed E-state index contributed by atoms with van der Waals surface area (Å²) < 4.78 is 10.3. The van der Waals surface area contributed by atoms with Gasteiger partial charge in [-0.3, -0.25) is 24.3 Å². The first-order chi connectivity index (χ1) is 16.9. The van der Waals surface area contributed by atoms with Gasteiger partial charge in [0.05, 0.1) is 24.8 Å². The average Bonchev–Trinajstić information content (AvgIpc) is 3.38. The number of hydrogen-bond donors (Lipinski definition) is 0. The number of aryl methyl sites for hydroxylation is 1. The second-order valence-electron chi connectivity index (χ2n) is 8.59. The van der Waals surface area contributed by atoms with Crippen molar-refractivity contribution in [2.75, 3.05) is 20.2 Å². The summed E-state index contributed by atoms with van der Waals surface area (Å²) in [7, 11) is 1.63. The Morgan fingerprint density at radius 1 is 1.17 bits per heavy atom. The summed E-state index contributed by atoms with van der Waals surface area (Å²) >= 11 is 0. The van der Waals surface area contributed by atoms with E-state index in [-0.39, 0.29) is 43.7 Å². The number of ether oxygens (including phenoxy) is 1. The Labute approximate surface area is 202 Å². The fourth-order valence-corrected chi connectivity index (χ4v) is 4.19. The molecule has 1 atom stereocenters. The van der Waals surface area contributed by atoms with Crippen molar-refractivity contribution in [1.29, 1.82) is 0 Å². The van der Waals surface area contributed by atoms with E-state index >= 15 is 0 Å². The summed E-state index contributed by atoms with van der Waals surface area (Å²) in [5.41, 5.74) is 0.520. The van der Waals surface area contributed by atoms with Gasteiger partial charge in [0.25, 0.3) is 0 Å². The number of amides is 3. The molecular weight excluding hydrogens is 450 g/mol. The van der Waals surface area contributed by atoms with Crippen LogP contribution in [0.3, 0.4) is 0 Å². The molecule has 1 aliphatic heterocycles. The Kier molecular flexibility index (Phi) is 7.19. The molecule has 3 amide bonds. The zero-order valence-electron chi connectivity index (χ0n) is 19.7. The molecule has 3 aromatic rings. The molecule has 0 unspecified atom stereocenters. The smallest absolute Gasteiger partial charge is 0.240 e. The molecule has 0 saturated carbocycles. The Hall–Kier alpha value is -4.08. The van der Waals surface area contributed by atoms with Crippen LogP contribution in [0.4, 0.5) is 0 Å². The van der Waals surface area contributed by atoms with Crippen LogP contribution in [0.1, 0.15) is 36.2 Å². The molecule has 0 radical (unpaired) electrons. The van der Waals surface area contributed by atoms with Crippen molar-refractivity contribution in [3.8, 4) is 5.75 Å². The summed E-state index contributed by atoms with van der Waals surface area (Å²) in [6.45, 7) is 2.47. The van der Waals surface area contributed by atoms with E-state index in [1.807, 2.05) is 6.07 Å². The first kappa shape index (κ1) is 24.1. The topological polar surface area (TPSA) is 119 Å². The first-order valence-corrected chi connectivity index (χ1v) is 11.4. The van der Waals surface area contributed by atoms with Gasteiger partial charge in [0, 0.05) is 32.6 Å².